The fourth-order valence-electron chi connectivity index (χ4n) is 0.803. The minimum atomic E-state index is -0.821. The average molecular weight is 163 g/mol. The van der Waals surface area contributed by atoms with Crippen molar-refractivity contribution in [3.63, 3.8) is 0 Å². The molecule has 1 aromatic rings. The number of nitrogens with zero attached hydrogens (tertiary/aromatic N) is 3. The van der Waals surface area contributed by atoms with Crippen LogP contribution in [0.3, 0.4) is 0 Å². The van der Waals surface area contributed by atoms with E-state index in [1.807, 2.05) is 6.07 Å². The second-order valence-electron chi connectivity index (χ2n) is 2.50. The quantitative estimate of drug-likeness (QED) is 0.695. The van der Waals surface area contributed by atoms with E-state index >= 15 is 0 Å². The lowest BCUT2D eigenvalue weighted by Crippen LogP contribution is -2.08. The van der Waals surface area contributed by atoms with Gasteiger partial charge in [-0.2, -0.15) is 5.26 Å². The second kappa shape index (κ2) is 3.79. The summed E-state index contributed by atoms with van der Waals surface area (Å²) < 4.78 is 0. The molecule has 2 unspecified atom stereocenters. The van der Waals surface area contributed by atoms with E-state index in [-0.39, 0.29) is 0 Å². The molecule has 1 heterocycles. The standard InChI is InChI=1S/C8H9N3O/c1-6(4-9)8(12)7-2-3-10-5-11-7/h2-3,5-6,8,12H,1H3. The first-order valence-corrected chi connectivity index (χ1v) is 3.59. The molecule has 1 aromatic heterocycles. The Morgan fingerprint density at radius 1 is 1.67 bits per heavy atom. The fraction of sp³-hybridized carbons (Fsp3) is 0.375. The Bertz CT molecular complexity index is 280. The highest BCUT2D eigenvalue weighted by molar-refractivity contribution is 5.06. The first kappa shape index (κ1) is 8.62. The summed E-state index contributed by atoms with van der Waals surface area (Å²) in [6, 6.07) is 3.55. The third-order valence-corrected chi connectivity index (χ3v) is 1.59. The molecule has 0 aromatic carbocycles. The van der Waals surface area contributed by atoms with Gasteiger partial charge >= 0.3 is 0 Å². The van der Waals surface area contributed by atoms with Crippen molar-refractivity contribution in [3.05, 3.63) is 24.3 Å². The Balaban J connectivity index is 2.80. The summed E-state index contributed by atoms with van der Waals surface area (Å²) in [6.07, 6.45) is 2.07. The molecule has 0 radical (unpaired) electrons. The molecule has 0 saturated heterocycles. The van der Waals surface area contributed by atoms with Gasteiger partial charge in [0.15, 0.2) is 0 Å². The van der Waals surface area contributed by atoms with Crippen molar-refractivity contribution in [2.24, 2.45) is 5.92 Å². The molecular formula is C8H9N3O. The fourth-order valence-corrected chi connectivity index (χ4v) is 0.803. The summed E-state index contributed by atoms with van der Waals surface area (Å²) >= 11 is 0. The van der Waals surface area contributed by atoms with Crippen LogP contribution in [0.5, 0.6) is 0 Å². The zero-order chi connectivity index (χ0) is 8.97. The molecule has 0 fully saturated rings. The van der Waals surface area contributed by atoms with E-state index in [0.29, 0.717) is 5.69 Å². The van der Waals surface area contributed by atoms with Crippen molar-refractivity contribution in [1.29, 1.82) is 5.26 Å². The highest BCUT2D eigenvalue weighted by Gasteiger charge is 2.16. The summed E-state index contributed by atoms with van der Waals surface area (Å²) in [6.45, 7) is 1.65. The van der Waals surface area contributed by atoms with Crippen LogP contribution in [0.2, 0.25) is 0 Å². The van der Waals surface area contributed by atoms with E-state index < -0.39 is 12.0 Å². The van der Waals surface area contributed by atoms with Crippen LogP contribution in [-0.4, -0.2) is 15.1 Å². The maximum Gasteiger partial charge on any atom is 0.115 e. The summed E-state index contributed by atoms with van der Waals surface area (Å²) in [7, 11) is 0. The number of hydrogen-bond acceptors (Lipinski definition) is 4. The van der Waals surface area contributed by atoms with Gasteiger partial charge in [0.25, 0.3) is 0 Å². The van der Waals surface area contributed by atoms with Crippen LogP contribution in [0.1, 0.15) is 18.7 Å². The van der Waals surface area contributed by atoms with Crippen molar-refractivity contribution in [2.45, 2.75) is 13.0 Å². The van der Waals surface area contributed by atoms with Crippen molar-refractivity contribution in [3.8, 4) is 6.07 Å². The van der Waals surface area contributed by atoms with Crippen LogP contribution < -0.4 is 0 Å². The van der Waals surface area contributed by atoms with E-state index in [1.165, 1.54) is 12.5 Å². The van der Waals surface area contributed by atoms with Crippen LogP contribution in [0.4, 0.5) is 0 Å². The lowest BCUT2D eigenvalue weighted by Gasteiger charge is -2.10. The predicted octanol–water partition coefficient (Wildman–Crippen LogP) is 0.670. The second-order valence-corrected chi connectivity index (χ2v) is 2.50. The highest BCUT2D eigenvalue weighted by atomic mass is 16.3. The van der Waals surface area contributed by atoms with Gasteiger partial charge in [0.2, 0.25) is 0 Å². The maximum absolute atomic E-state index is 9.48. The molecular weight excluding hydrogens is 154 g/mol. The summed E-state index contributed by atoms with van der Waals surface area (Å²) in [5, 5.41) is 18.0. The molecule has 12 heavy (non-hydrogen) atoms. The van der Waals surface area contributed by atoms with Crippen molar-refractivity contribution in [2.75, 3.05) is 0 Å². The van der Waals surface area contributed by atoms with Gasteiger partial charge in [0.1, 0.15) is 12.4 Å². The number of aliphatic hydroxyl groups excluding tert-OH is 1. The molecule has 0 amide bonds. The van der Waals surface area contributed by atoms with Gasteiger partial charge in [-0.05, 0) is 13.0 Å². The van der Waals surface area contributed by atoms with Crippen molar-refractivity contribution in [1.82, 2.24) is 9.97 Å². The number of rotatable bonds is 2. The van der Waals surface area contributed by atoms with Crippen molar-refractivity contribution < 1.29 is 5.11 Å². The zero-order valence-corrected chi connectivity index (χ0v) is 6.68. The summed E-state index contributed by atoms with van der Waals surface area (Å²) in [4.78, 5) is 7.54. The van der Waals surface area contributed by atoms with Gasteiger partial charge in [-0.1, -0.05) is 0 Å². The summed E-state index contributed by atoms with van der Waals surface area (Å²) in [5.41, 5.74) is 0.485. The molecule has 1 N–H and O–H groups in total. The van der Waals surface area contributed by atoms with E-state index in [4.69, 9.17) is 5.26 Å². The maximum atomic E-state index is 9.48. The molecule has 2 atom stereocenters. The first-order valence-electron chi connectivity index (χ1n) is 3.59. The normalized spacial score (nSPS) is 14.8. The smallest absolute Gasteiger partial charge is 0.115 e. The molecule has 62 valence electrons. The number of nitriles is 1. The van der Waals surface area contributed by atoms with Crippen LogP contribution in [0.15, 0.2) is 18.6 Å². The number of aromatic nitrogens is 2. The topological polar surface area (TPSA) is 69.8 Å². The minimum absolute atomic E-state index is 0.445. The Kier molecular flexibility index (Phi) is 2.72. The molecule has 0 saturated carbocycles. The average Bonchev–Trinajstić information content (AvgIpc) is 2.17. The lowest BCUT2D eigenvalue weighted by molar-refractivity contribution is 0.138. The molecule has 0 aliphatic heterocycles. The Labute approximate surface area is 70.5 Å². The third kappa shape index (κ3) is 1.77. The Morgan fingerprint density at radius 2 is 2.42 bits per heavy atom. The van der Waals surface area contributed by atoms with Crippen molar-refractivity contribution >= 4 is 0 Å². The monoisotopic (exact) mass is 163 g/mol. The number of hydrogen-bond donors (Lipinski definition) is 1. The molecule has 0 spiro atoms. The zero-order valence-electron chi connectivity index (χ0n) is 6.68. The van der Waals surface area contributed by atoms with Gasteiger partial charge in [-0.3, -0.25) is 0 Å². The van der Waals surface area contributed by atoms with Crippen LogP contribution in [-0.2, 0) is 0 Å². The molecule has 0 aliphatic carbocycles. The molecule has 0 aliphatic rings. The molecule has 0 bridgehead atoms. The van der Waals surface area contributed by atoms with Gasteiger partial charge in [0.05, 0.1) is 17.7 Å². The Hall–Kier alpha value is -1.47. The Morgan fingerprint density at radius 3 is 2.92 bits per heavy atom. The predicted molar refractivity (Wildman–Crippen MR) is 41.8 cm³/mol. The van der Waals surface area contributed by atoms with E-state index in [0.717, 1.165) is 0 Å². The van der Waals surface area contributed by atoms with Crippen LogP contribution in [0, 0.1) is 17.2 Å². The molecule has 4 nitrogen and oxygen atoms in total. The lowest BCUT2D eigenvalue weighted by atomic mass is 10.0. The van der Waals surface area contributed by atoms with Gasteiger partial charge in [-0.25, -0.2) is 9.97 Å². The summed E-state index contributed by atoms with van der Waals surface area (Å²) in [5.74, 6) is -0.445. The minimum Gasteiger partial charge on any atom is -0.385 e. The van der Waals surface area contributed by atoms with Crippen LogP contribution >= 0.6 is 0 Å². The van der Waals surface area contributed by atoms with E-state index in [2.05, 4.69) is 9.97 Å². The van der Waals surface area contributed by atoms with E-state index in [9.17, 15) is 5.11 Å². The number of aliphatic hydroxyl groups is 1. The van der Waals surface area contributed by atoms with Gasteiger partial charge in [0, 0.05) is 6.20 Å². The van der Waals surface area contributed by atoms with Gasteiger partial charge < -0.3 is 5.11 Å². The van der Waals surface area contributed by atoms with Crippen LogP contribution in [0.25, 0.3) is 0 Å². The first-order chi connectivity index (χ1) is 5.75. The molecule has 4 heteroatoms. The van der Waals surface area contributed by atoms with Gasteiger partial charge in [-0.15, -0.1) is 0 Å². The highest BCUT2D eigenvalue weighted by Crippen LogP contribution is 2.17. The van der Waals surface area contributed by atoms with E-state index in [1.54, 1.807) is 13.0 Å². The largest absolute Gasteiger partial charge is 0.385 e. The SMILES string of the molecule is CC(C#N)C(O)c1ccncn1. The third-order valence-electron chi connectivity index (χ3n) is 1.59. The molecule has 1 rings (SSSR count).